The van der Waals surface area contributed by atoms with Crippen molar-refractivity contribution >= 4 is 11.6 Å². The molecule has 2 heterocycles. The van der Waals surface area contributed by atoms with Crippen LogP contribution in [0.5, 0.6) is 0 Å². The number of amides is 1. The van der Waals surface area contributed by atoms with Gasteiger partial charge in [0.15, 0.2) is 0 Å². The topological polar surface area (TPSA) is 35.6 Å². The molecule has 0 unspecified atom stereocenters. The van der Waals surface area contributed by atoms with Crippen molar-refractivity contribution in [2.24, 2.45) is 0 Å². The second-order valence-corrected chi connectivity index (χ2v) is 4.81. The predicted octanol–water partition coefficient (Wildman–Crippen LogP) is 0.682. The highest BCUT2D eigenvalue weighted by Crippen LogP contribution is 2.23. The van der Waals surface area contributed by atoms with Crippen molar-refractivity contribution in [3.8, 4) is 0 Å². The third-order valence-electron chi connectivity index (χ3n) is 3.64. The summed E-state index contributed by atoms with van der Waals surface area (Å²) in [5.74, 6) is 0.0601. The van der Waals surface area contributed by atoms with Gasteiger partial charge in [0.2, 0.25) is 0 Å². The first-order chi connectivity index (χ1) is 8.24. The zero-order valence-electron chi connectivity index (χ0n) is 10.1. The molecular weight excluding hydrogens is 214 g/mol. The monoisotopic (exact) mass is 231 g/mol. The Labute approximate surface area is 101 Å². The van der Waals surface area contributed by atoms with Crippen LogP contribution in [0.4, 0.5) is 5.69 Å². The Bertz CT molecular complexity index is 450. The number of rotatable bonds is 1. The molecule has 1 fully saturated rings. The van der Waals surface area contributed by atoms with Crippen molar-refractivity contribution in [3.05, 3.63) is 29.3 Å². The molecule has 1 saturated heterocycles. The summed E-state index contributed by atoms with van der Waals surface area (Å²) >= 11 is 0. The molecule has 0 bridgehead atoms. The zero-order chi connectivity index (χ0) is 11.8. The van der Waals surface area contributed by atoms with Crippen LogP contribution < -0.4 is 10.2 Å². The Morgan fingerprint density at radius 1 is 1.18 bits per heavy atom. The van der Waals surface area contributed by atoms with Gasteiger partial charge >= 0.3 is 0 Å². The third kappa shape index (κ3) is 1.89. The van der Waals surface area contributed by atoms with E-state index in [1.807, 2.05) is 6.07 Å². The van der Waals surface area contributed by atoms with E-state index in [1.54, 1.807) is 0 Å². The van der Waals surface area contributed by atoms with E-state index in [2.05, 4.69) is 34.3 Å². The van der Waals surface area contributed by atoms with Gasteiger partial charge in [-0.1, -0.05) is 0 Å². The Hall–Kier alpha value is -1.55. The van der Waals surface area contributed by atoms with Crippen LogP contribution in [-0.4, -0.2) is 44.0 Å². The van der Waals surface area contributed by atoms with E-state index in [0.717, 1.165) is 37.3 Å². The molecule has 0 radical (unpaired) electrons. The van der Waals surface area contributed by atoms with Gasteiger partial charge in [-0.3, -0.25) is 4.79 Å². The lowest BCUT2D eigenvalue weighted by molar-refractivity contribution is 0.0966. The first-order valence-corrected chi connectivity index (χ1v) is 6.08. The average molecular weight is 231 g/mol. The summed E-state index contributed by atoms with van der Waals surface area (Å²) in [5.41, 5.74) is 3.21. The van der Waals surface area contributed by atoms with E-state index in [4.69, 9.17) is 0 Å². The minimum atomic E-state index is 0.0601. The van der Waals surface area contributed by atoms with Crippen molar-refractivity contribution in [1.29, 1.82) is 0 Å². The SMILES string of the molecule is CN1CCN(c2ccc3c(c2)CNC3=O)CC1. The maximum absolute atomic E-state index is 11.5. The Morgan fingerprint density at radius 3 is 2.71 bits per heavy atom. The average Bonchev–Trinajstić information content (AvgIpc) is 2.72. The standard InChI is InChI=1S/C13H17N3O/c1-15-4-6-16(7-5-15)11-2-3-12-10(8-11)9-14-13(12)17/h2-3,8H,4-7,9H2,1H3,(H,14,17). The molecule has 3 rings (SSSR count). The quantitative estimate of drug-likeness (QED) is 0.772. The van der Waals surface area contributed by atoms with Crippen molar-refractivity contribution in [2.45, 2.75) is 6.54 Å². The fourth-order valence-electron chi connectivity index (χ4n) is 2.48. The maximum Gasteiger partial charge on any atom is 0.251 e. The lowest BCUT2D eigenvalue weighted by Gasteiger charge is -2.34. The van der Waals surface area contributed by atoms with Gasteiger partial charge in [-0.25, -0.2) is 0 Å². The van der Waals surface area contributed by atoms with Crippen LogP contribution in [0.3, 0.4) is 0 Å². The molecule has 2 aliphatic heterocycles. The van der Waals surface area contributed by atoms with Gasteiger partial charge in [-0.05, 0) is 30.8 Å². The molecule has 90 valence electrons. The van der Waals surface area contributed by atoms with Crippen molar-refractivity contribution < 1.29 is 4.79 Å². The summed E-state index contributed by atoms with van der Waals surface area (Å²) in [6.07, 6.45) is 0. The molecule has 1 aromatic rings. The van der Waals surface area contributed by atoms with E-state index in [0.29, 0.717) is 6.54 Å². The number of hydrogen-bond acceptors (Lipinski definition) is 3. The number of carbonyl (C=O) groups is 1. The summed E-state index contributed by atoms with van der Waals surface area (Å²) in [5, 5.41) is 2.86. The zero-order valence-corrected chi connectivity index (χ0v) is 10.1. The van der Waals surface area contributed by atoms with Crippen LogP contribution in [-0.2, 0) is 6.54 Å². The molecule has 1 N–H and O–H groups in total. The fraction of sp³-hybridized carbons (Fsp3) is 0.462. The molecule has 0 aliphatic carbocycles. The van der Waals surface area contributed by atoms with Gasteiger partial charge in [0.25, 0.3) is 5.91 Å². The highest BCUT2D eigenvalue weighted by Gasteiger charge is 2.21. The largest absolute Gasteiger partial charge is 0.369 e. The van der Waals surface area contributed by atoms with Gasteiger partial charge in [-0.15, -0.1) is 0 Å². The van der Waals surface area contributed by atoms with E-state index < -0.39 is 0 Å². The predicted molar refractivity (Wildman–Crippen MR) is 67.3 cm³/mol. The normalized spacial score (nSPS) is 20.3. The Kier molecular flexibility index (Phi) is 2.52. The molecular formula is C13H17N3O. The molecule has 4 nitrogen and oxygen atoms in total. The number of anilines is 1. The molecule has 17 heavy (non-hydrogen) atoms. The highest BCUT2D eigenvalue weighted by atomic mass is 16.1. The van der Waals surface area contributed by atoms with Crippen LogP contribution in [0.2, 0.25) is 0 Å². The van der Waals surface area contributed by atoms with Crippen LogP contribution >= 0.6 is 0 Å². The lowest BCUT2D eigenvalue weighted by Crippen LogP contribution is -2.44. The van der Waals surface area contributed by atoms with Gasteiger partial charge < -0.3 is 15.1 Å². The number of piperazine rings is 1. The van der Waals surface area contributed by atoms with E-state index >= 15 is 0 Å². The number of hydrogen-bond donors (Lipinski definition) is 1. The second kappa shape index (κ2) is 4.04. The summed E-state index contributed by atoms with van der Waals surface area (Å²) in [6, 6.07) is 6.17. The molecule has 2 aliphatic rings. The number of likely N-dealkylation sites (N-methyl/N-ethyl adjacent to an activating group) is 1. The summed E-state index contributed by atoms with van der Waals surface area (Å²) in [4.78, 5) is 16.2. The smallest absolute Gasteiger partial charge is 0.251 e. The van der Waals surface area contributed by atoms with Crippen LogP contribution in [0, 0.1) is 0 Å². The number of fused-ring (bicyclic) bond motifs is 1. The van der Waals surface area contributed by atoms with Gasteiger partial charge in [0, 0.05) is 44.0 Å². The number of carbonyl (C=O) groups excluding carboxylic acids is 1. The molecule has 1 amide bonds. The first-order valence-electron chi connectivity index (χ1n) is 6.08. The molecule has 0 spiro atoms. The maximum atomic E-state index is 11.5. The molecule has 1 aromatic carbocycles. The van der Waals surface area contributed by atoms with E-state index in [9.17, 15) is 4.79 Å². The number of nitrogens with one attached hydrogen (secondary N) is 1. The summed E-state index contributed by atoms with van der Waals surface area (Å²) in [6.45, 7) is 5.02. The van der Waals surface area contributed by atoms with Crippen molar-refractivity contribution in [3.63, 3.8) is 0 Å². The first kappa shape index (κ1) is 10.6. The van der Waals surface area contributed by atoms with Crippen molar-refractivity contribution in [1.82, 2.24) is 10.2 Å². The van der Waals surface area contributed by atoms with Gasteiger partial charge in [0.1, 0.15) is 0 Å². The van der Waals surface area contributed by atoms with Crippen LogP contribution in [0.15, 0.2) is 18.2 Å². The van der Waals surface area contributed by atoms with Gasteiger partial charge in [-0.2, -0.15) is 0 Å². The molecule has 0 atom stereocenters. The summed E-state index contributed by atoms with van der Waals surface area (Å²) in [7, 11) is 2.16. The van der Waals surface area contributed by atoms with Gasteiger partial charge in [0.05, 0.1) is 0 Å². The fourth-order valence-corrected chi connectivity index (χ4v) is 2.48. The number of nitrogens with zero attached hydrogens (tertiary/aromatic N) is 2. The minimum Gasteiger partial charge on any atom is -0.369 e. The van der Waals surface area contributed by atoms with Crippen LogP contribution in [0.25, 0.3) is 0 Å². The Balaban J connectivity index is 1.83. The number of benzene rings is 1. The Morgan fingerprint density at radius 2 is 1.94 bits per heavy atom. The molecule has 0 aromatic heterocycles. The van der Waals surface area contributed by atoms with E-state index in [-0.39, 0.29) is 5.91 Å². The molecule has 0 saturated carbocycles. The van der Waals surface area contributed by atoms with E-state index in [1.165, 1.54) is 5.69 Å². The highest BCUT2D eigenvalue weighted by molar-refractivity contribution is 5.98. The lowest BCUT2D eigenvalue weighted by atomic mass is 10.1. The minimum absolute atomic E-state index is 0.0601. The van der Waals surface area contributed by atoms with Crippen molar-refractivity contribution in [2.75, 3.05) is 38.1 Å². The van der Waals surface area contributed by atoms with Crippen LogP contribution in [0.1, 0.15) is 15.9 Å². The third-order valence-corrected chi connectivity index (χ3v) is 3.64. The second-order valence-electron chi connectivity index (χ2n) is 4.81. The summed E-state index contributed by atoms with van der Waals surface area (Å²) < 4.78 is 0. The molecule has 4 heteroatoms.